The Balaban J connectivity index is 2.11. The molecule has 0 heterocycles. The molecule has 7 nitrogen and oxygen atoms in total. The first kappa shape index (κ1) is 20.6. The van der Waals surface area contributed by atoms with Crippen LogP contribution in [0.3, 0.4) is 0 Å². The second kappa shape index (κ2) is 9.27. The molecule has 1 aromatic rings. The molecule has 3 N–H and O–H groups in total. The van der Waals surface area contributed by atoms with Gasteiger partial charge in [0, 0.05) is 26.9 Å². The number of carbonyl (C=O) groups is 2. The average Bonchev–Trinajstić information content (AvgIpc) is 2.67. The van der Waals surface area contributed by atoms with Gasteiger partial charge in [0.25, 0.3) is 5.91 Å². The Morgan fingerprint density at radius 1 is 1.30 bits per heavy atom. The van der Waals surface area contributed by atoms with Gasteiger partial charge < -0.3 is 25.3 Å². The number of hydrogen-bond donors (Lipinski definition) is 2. The number of anilines is 1. The Labute approximate surface area is 158 Å². The van der Waals surface area contributed by atoms with Gasteiger partial charge in [-0.3, -0.25) is 9.59 Å². The Morgan fingerprint density at radius 3 is 2.67 bits per heavy atom. The molecule has 144 valence electrons. The minimum Gasteiger partial charge on any atom is -0.371 e. The van der Waals surface area contributed by atoms with Crippen LogP contribution in [0, 0.1) is 0 Å². The molecule has 0 fully saturated rings. The fraction of sp³-hybridized carbons (Fsp3) is 0.300. The van der Waals surface area contributed by atoms with E-state index in [0.717, 1.165) is 5.57 Å². The largest absolute Gasteiger partial charge is 0.371 e. The minimum atomic E-state index is -0.997. The lowest BCUT2D eigenvalue weighted by Crippen LogP contribution is -2.46. The Hall–Kier alpha value is -2.74. The molecule has 27 heavy (non-hydrogen) atoms. The number of hydrogen-bond acceptors (Lipinski definition) is 5. The zero-order chi connectivity index (χ0) is 19.9. The van der Waals surface area contributed by atoms with Crippen LogP contribution in [0.1, 0.15) is 17.3 Å². The highest BCUT2D eigenvalue weighted by Crippen LogP contribution is 2.29. The highest BCUT2D eigenvalue weighted by Gasteiger charge is 2.38. The van der Waals surface area contributed by atoms with E-state index in [9.17, 15) is 9.59 Å². The highest BCUT2D eigenvalue weighted by atomic mass is 16.7. The van der Waals surface area contributed by atoms with E-state index in [2.05, 4.69) is 5.32 Å². The van der Waals surface area contributed by atoms with Gasteiger partial charge in [-0.05, 0) is 42.9 Å². The summed E-state index contributed by atoms with van der Waals surface area (Å²) in [4.78, 5) is 23.6. The van der Waals surface area contributed by atoms with Crippen molar-refractivity contribution in [3.63, 3.8) is 0 Å². The number of benzene rings is 1. The van der Waals surface area contributed by atoms with Gasteiger partial charge in [0.15, 0.2) is 0 Å². The molecule has 2 amide bonds. The summed E-state index contributed by atoms with van der Waals surface area (Å²) >= 11 is 0. The number of ether oxygens (including phenoxy) is 3. The van der Waals surface area contributed by atoms with Gasteiger partial charge >= 0.3 is 0 Å². The van der Waals surface area contributed by atoms with Crippen LogP contribution < -0.4 is 11.1 Å². The molecular formula is C20H24N2O5. The lowest BCUT2D eigenvalue weighted by molar-refractivity contribution is -0.232. The summed E-state index contributed by atoms with van der Waals surface area (Å²) in [6, 6.07) is 6.55. The lowest BCUT2D eigenvalue weighted by atomic mass is 9.98. The summed E-state index contributed by atoms with van der Waals surface area (Å²) in [7, 11) is 3.10. The van der Waals surface area contributed by atoms with E-state index in [1.807, 2.05) is 6.92 Å². The topological polar surface area (TPSA) is 99.9 Å². The predicted octanol–water partition coefficient (Wildman–Crippen LogP) is 2.17. The normalized spacial score (nSPS) is 21.9. The monoisotopic (exact) mass is 372 g/mol. The maximum Gasteiger partial charge on any atom is 0.250 e. The van der Waals surface area contributed by atoms with E-state index < -0.39 is 17.8 Å². The van der Waals surface area contributed by atoms with E-state index in [0.29, 0.717) is 12.3 Å². The van der Waals surface area contributed by atoms with Gasteiger partial charge in [0.05, 0.1) is 11.3 Å². The quantitative estimate of drug-likeness (QED) is 0.538. The molecule has 0 bridgehead atoms. The zero-order valence-electron chi connectivity index (χ0n) is 15.6. The van der Waals surface area contributed by atoms with Gasteiger partial charge in [0.2, 0.25) is 11.7 Å². The van der Waals surface area contributed by atoms with Crippen molar-refractivity contribution < 1.29 is 23.8 Å². The van der Waals surface area contributed by atoms with Crippen LogP contribution in [0.25, 0.3) is 0 Å². The number of allylic oxidation sites excluding steroid dienone is 3. The van der Waals surface area contributed by atoms with Gasteiger partial charge in [0.1, 0.15) is 6.10 Å². The van der Waals surface area contributed by atoms with Crippen molar-refractivity contribution in [2.45, 2.75) is 18.8 Å². The van der Waals surface area contributed by atoms with Crippen LogP contribution in [-0.4, -0.2) is 44.5 Å². The van der Waals surface area contributed by atoms with Crippen molar-refractivity contribution in [1.29, 1.82) is 0 Å². The third kappa shape index (κ3) is 4.91. The second-order valence-corrected chi connectivity index (χ2v) is 5.75. The zero-order valence-corrected chi connectivity index (χ0v) is 15.6. The number of nitrogens with one attached hydrogen (secondary N) is 1. The fourth-order valence-corrected chi connectivity index (χ4v) is 2.75. The standard InChI is InChI=1S/C20H24N2O5/c1-4-27-20(26-3)12-11-14(13-17(20)25-2)9-10-18(23)22-16-8-6-5-7-15(16)19(21)24/h5-13,17H,4H2,1-3H3,(H2,21,24)(H,22,23)/b10-9+. The third-order valence-corrected chi connectivity index (χ3v) is 4.07. The van der Waals surface area contributed by atoms with Crippen LogP contribution in [0.4, 0.5) is 5.69 Å². The molecule has 7 heteroatoms. The number of rotatable bonds is 8. The van der Waals surface area contributed by atoms with Crippen LogP contribution in [0.5, 0.6) is 0 Å². The summed E-state index contributed by atoms with van der Waals surface area (Å²) in [5.41, 5.74) is 6.67. The first-order valence-corrected chi connectivity index (χ1v) is 8.46. The first-order valence-electron chi connectivity index (χ1n) is 8.46. The molecule has 0 saturated heterocycles. The van der Waals surface area contributed by atoms with E-state index in [-0.39, 0.29) is 11.5 Å². The average molecular weight is 372 g/mol. The van der Waals surface area contributed by atoms with Crippen LogP contribution >= 0.6 is 0 Å². The van der Waals surface area contributed by atoms with Crippen molar-refractivity contribution in [2.24, 2.45) is 5.73 Å². The molecule has 0 spiro atoms. The number of carbonyl (C=O) groups excluding carboxylic acids is 2. The van der Waals surface area contributed by atoms with Crippen molar-refractivity contribution in [3.05, 3.63) is 65.8 Å². The number of primary amides is 1. The molecule has 0 radical (unpaired) electrons. The molecule has 1 aliphatic carbocycles. The van der Waals surface area contributed by atoms with Crippen molar-refractivity contribution in [1.82, 2.24) is 0 Å². The van der Waals surface area contributed by atoms with Gasteiger partial charge in [-0.2, -0.15) is 0 Å². The van der Waals surface area contributed by atoms with E-state index in [1.54, 1.807) is 62.8 Å². The van der Waals surface area contributed by atoms with E-state index in [4.69, 9.17) is 19.9 Å². The summed E-state index contributed by atoms with van der Waals surface area (Å²) in [5.74, 6) is -1.99. The second-order valence-electron chi connectivity index (χ2n) is 5.75. The number of amides is 2. The lowest BCUT2D eigenvalue weighted by Gasteiger charge is -2.36. The van der Waals surface area contributed by atoms with E-state index in [1.165, 1.54) is 6.08 Å². The summed E-state index contributed by atoms with van der Waals surface area (Å²) < 4.78 is 16.6. The molecule has 0 aliphatic heterocycles. The molecular weight excluding hydrogens is 348 g/mol. The maximum atomic E-state index is 12.2. The van der Waals surface area contributed by atoms with E-state index >= 15 is 0 Å². The van der Waals surface area contributed by atoms with Crippen molar-refractivity contribution >= 4 is 17.5 Å². The molecule has 2 unspecified atom stereocenters. The third-order valence-electron chi connectivity index (χ3n) is 4.07. The Bertz CT molecular complexity index is 784. The molecule has 1 aliphatic rings. The van der Waals surface area contributed by atoms with Crippen molar-refractivity contribution in [2.75, 3.05) is 26.1 Å². The van der Waals surface area contributed by atoms with Crippen molar-refractivity contribution in [3.8, 4) is 0 Å². The Kier molecular flexibility index (Phi) is 7.06. The minimum absolute atomic E-state index is 0.247. The maximum absolute atomic E-state index is 12.2. The molecule has 2 atom stereocenters. The Morgan fingerprint density at radius 2 is 2.04 bits per heavy atom. The molecule has 1 aromatic carbocycles. The first-order chi connectivity index (χ1) is 13.0. The summed E-state index contributed by atoms with van der Waals surface area (Å²) in [6.07, 6.45) is 7.88. The number of para-hydroxylation sites is 1. The van der Waals surface area contributed by atoms with Crippen LogP contribution in [-0.2, 0) is 19.0 Å². The number of nitrogens with two attached hydrogens (primary N) is 1. The smallest absolute Gasteiger partial charge is 0.250 e. The molecule has 0 saturated carbocycles. The predicted molar refractivity (Wildman–Crippen MR) is 102 cm³/mol. The highest BCUT2D eigenvalue weighted by molar-refractivity contribution is 6.06. The summed E-state index contributed by atoms with van der Waals surface area (Å²) in [6.45, 7) is 2.33. The fourth-order valence-electron chi connectivity index (χ4n) is 2.75. The van der Waals surface area contributed by atoms with Gasteiger partial charge in [-0.15, -0.1) is 0 Å². The SMILES string of the molecule is CCOC1(OC)C=CC(/C=C/C(=O)Nc2ccccc2C(N)=O)=CC1OC. The molecule has 0 aromatic heterocycles. The summed E-state index contributed by atoms with van der Waals surface area (Å²) in [5, 5.41) is 2.65. The molecule has 2 rings (SSSR count). The van der Waals surface area contributed by atoms with Crippen LogP contribution in [0.15, 0.2) is 60.2 Å². The van der Waals surface area contributed by atoms with Gasteiger partial charge in [-0.25, -0.2) is 0 Å². The van der Waals surface area contributed by atoms with Gasteiger partial charge in [-0.1, -0.05) is 18.2 Å². The van der Waals surface area contributed by atoms with Crippen LogP contribution in [0.2, 0.25) is 0 Å². The number of methoxy groups -OCH3 is 2.